The van der Waals surface area contributed by atoms with Gasteiger partial charge in [0.1, 0.15) is 24.0 Å². The Hall–Kier alpha value is -11.5. The van der Waals surface area contributed by atoms with Gasteiger partial charge in [-0.2, -0.15) is 0 Å². The van der Waals surface area contributed by atoms with Crippen LogP contribution in [0, 0.1) is 11.8 Å². The van der Waals surface area contributed by atoms with Crippen LogP contribution in [0.4, 0.5) is 16.4 Å². The third-order valence-electron chi connectivity index (χ3n) is 21.7. The second kappa shape index (κ2) is 39.4. The summed E-state index contributed by atoms with van der Waals surface area (Å²) >= 11 is 2.50. The topological polar surface area (TPSA) is 331 Å². The lowest BCUT2D eigenvalue weighted by molar-refractivity contribution is -0.138. The number of urea groups is 1. The average molecular weight is 1650 g/mol. The van der Waals surface area contributed by atoms with Gasteiger partial charge in [0.2, 0.25) is 35.5 Å². The fraction of sp³-hybridized carbons (Fsp3) is 0.360. The van der Waals surface area contributed by atoms with E-state index in [1.54, 1.807) is 31.0 Å². The number of anilines is 2. The molecule has 7 N–H and O–H groups in total. The highest BCUT2D eigenvalue weighted by molar-refractivity contribution is 8.08. The van der Waals surface area contributed by atoms with E-state index in [-0.39, 0.29) is 95.2 Å². The molecule has 0 spiro atoms. The number of imide groups is 2. The number of benzene rings is 6. The number of methoxy groups -OCH3 is 1. The van der Waals surface area contributed by atoms with Gasteiger partial charge < -0.3 is 69.6 Å². The van der Waals surface area contributed by atoms with Crippen molar-refractivity contribution in [2.45, 2.75) is 104 Å². The van der Waals surface area contributed by atoms with E-state index >= 15 is 0 Å². The van der Waals surface area contributed by atoms with Crippen LogP contribution in [0.5, 0.6) is 5.75 Å². The zero-order valence-corrected chi connectivity index (χ0v) is 68.2. The second-order valence-corrected chi connectivity index (χ2v) is 32.2. The number of H-pyrrole nitrogens is 1. The third-order valence-corrected chi connectivity index (χ3v) is 24.0. The quantitative estimate of drug-likeness (QED) is 0.00837. The maximum absolute atomic E-state index is 14.0. The Bertz CT molecular complexity index is 5280. The minimum Gasteiger partial charge on any atom is -0.495 e. The summed E-state index contributed by atoms with van der Waals surface area (Å²) in [6, 6.07) is 49.7. The summed E-state index contributed by atoms with van der Waals surface area (Å²) in [5.74, 6) is 4.16. The van der Waals surface area contributed by atoms with Crippen molar-refractivity contribution in [1.82, 2.24) is 61.2 Å². The molecule has 0 radical (unpaired) electrons. The number of ether oxygens (including phenoxy) is 5. The Morgan fingerprint density at radius 3 is 2.04 bits per heavy atom. The van der Waals surface area contributed by atoms with E-state index in [1.165, 1.54) is 33.3 Å². The number of thioether (sulfide) groups is 2. The maximum Gasteiger partial charge on any atom is 0.328 e. The average Bonchev–Trinajstić information content (AvgIpc) is 1.53. The number of aromatic amines is 1. The molecule has 9 aromatic rings. The molecule has 9 amide bonds. The number of hydrogen-bond acceptors (Lipinski definition) is 21. The number of piperidine rings is 2. The van der Waals surface area contributed by atoms with Crippen LogP contribution in [0.2, 0.25) is 0 Å². The van der Waals surface area contributed by atoms with E-state index in [2.05, 4.69) is 71.5 Å². The van der Waals surface area contributed by atoms with Crippen molar-refractivity contribution >= 4 is 104 Å². The first-order valence-electron chi connectivity index (χ1n) is 40.1. The summed E-state index contributed by atoms with van der Waals surface area (Å²) in [5.41, 5.74) is 4.44. The number of aryl methyl sites for hydroxylation is 1. The van der Waals surface area contributed by atoms with Gasteiger partial charge >= 0.3 is 6.03 Å². The van der Waals surface area contributed by atoms with E-state index in [4.69, 9.17) is 33.7 Å². The van der Waals surface area contributed by atoms with Crippen molar-refractivity contribution in [1.29, 1.82) is 0 Å². The predicted molar refractivity (Wildman–Crippen MR) is 453 cm³/mol. The number of nitrogens with one attached hydrogen (secondary N) is 7. The van der Waals surface area contributed by atoms with Gasteiger partial charge in [0.05, 0.1) is 99.1 Å². The number of carbonyl (C=O) groups excluding carboxylic acids is 8. The summed E-state index contributed by atoms with van der Waals surface area (Å²) in [4.78, 5) is 144. The van der Waals surface area contributed by atoms with Crippen LogP contribution in [-0.2, 0) is 71.6 Å². The largest absolute Gasteiger partial charge is 0.495 e. The molecule has 4 fully saturated rings. The number of aromatic nitrogens is 4. The van der Waals surface area contributed by atoms with Gasteiger partial charge in [-0.3, -0.25) is 53.5 Å². The fourth-order valence-corrected chi connectivity index (χ4v) is 17.1. The predicted octanol–water partition coefficient (Wildman–Crippen LogP) is 8.46. The van der Waals surface area contributed by atoms with Crippen LogP contribution in [0.15, 0.2) is 201 Å². The first-order valence-corrected chi connectivity index (χ1v) is 41.7. The summed E-state index contributed by atoms with van der Waals surface area (Å²) < 4.78 is 32.4. The van der Waals surface area contributed by atoms with Crippen LogP contribution < -0.4 is 52.0 Å². The Morgan fingerprint density at radius 1 is 0.689 bits per heavy atom. The van der Waals surface area contributed by atoms with Crippen LogP contribution in [0.25, 0.3) is 32.9 Å². The number of amides is 9. The lowest BCUT2D eigenvalue weighted by Crippen LogP contribution is -2.55. The molecule has 2 atom stereocenters. The molecular formula is C89H96N14O14S2. The van der Waals surface area contributed by atoms with E-state index in [0.717, 1.165) is 94.6 Å². The normalized spacial score (nSPS) is 16.6. The number of fused-ring (bicyclic) bond motifs is 2. The van der Waals surface area contributed by atoms with Crippen LogP contribution in [0.3, 0.4) is 0 Å². The van der Waals surface area contributed by atoms with E-state index < -0.39 is 66.2 Å². The Balaban J connectivity index is 0.583. The number of likely N-dealkylation sites (tertiary alicyclic amines) is 1. The van der Waals surface area contributed by atoms with Gasteiger partial charge in [-0.1, -0.05) is 138 Å². The molecule has 6 aromatic carbocycles. The number of pyridine rings is 1. The highest BCUT2D eigenvalue weighted by Crippen LogP contribution is 2.46. The molecular weight excluding hydrogens is 1550 g/mol. The van der Waals surface area contributed by atoms with Crippen LogP contribution >= 0.6 is 23.5 Å². The van der Waals surface area contributed by atoms with E-state index in [0.29, 0.717) is 75.0 Å². The molecule has 14 rings (SSSR count). The summed E-state index contributed by atoms with van der Waals surface area (Å²) in [7, 11) is 3.27. The van der Waals surface area contributed by atoms with Gasteiger partial charge in [0.15, 0.2) is 5.60 Å². The smallest absolute Gasteiger partial charge is 0.328 e. The Kier molecular flexibility index (Phi) is 27.8. The van der Waals surface area contributed by atoms with Crippen LogP contribution in [-0.4, -0.2) is 206 Å². The zero-order valence-electron chi connectivity index (χ0n) is 66.6. The molecule has 119 heavy (non-hydrogen) atoms. The standard InChI is InChI=1S/C89H96N14O14S2/c1-88(94-39-16-19-60-26-31-73(113-3)72(52-60)102-43-35-75(105)97-87(102)112)37-44-100(45-38-88)63-33-41-101(42-34-63)86-96-70-30-27-61(69-56-99(2)83(109)78-67(69)32-40-90-78)53-68(70)81(98-86)89(117-64-28-29-64,62-20-10-5-11-21-62)57-116-58-93-76(106)54-92-82(108)71(51-59-17-8-4-9-18-59)95-77(107)55-91-74(104)36-47-114-49-50-115-48-46-103-84(110)79(118-65-22-12-6-13-23-65)80(85(103)111)119-66-24-14-7-15-25-66/h4-15,17-18,20-27,30-32,40,52-53,56,63-64,71,90,94H,28-29,33-39,41-51,54-55,57-58H2,1-3H3,(H,91,104)(H,92,108)(H,93,106)(H,95,107)(H,97,105,112)/t71-,89-/m0/s1. The first-order chi connectivity index (χ1) is 57.9. The fourth-order valence-electron chi connectivity index (χ4n) is 15.0. The van der Waals surface area contributed by atoms with Crippen molar-refractivity contribution in [3.8, 4) is 28.7 Å². The molecule has 4 aliphatic heterocycles. The molecule has 1 saturated carbocycles. The monoisotopic (exact) mass is 1650 g/mol. The molecule has 3 saturated heterocycles. The summed E-state index contributed by atoms with van der Waals surface area (Å²) in [6.45, 7) is 5.19. The Morgan fingerprint density at radius 2 is 1.36 bits per heavy atom. The summed E-state index contributed by atoms with van der Waals surface area (Å²) in [6.07, 6.45) is 8.82. The van der Waals surface area contributed by atoms with Crippen LogP contribution in [0.1, 0.15) is 80.7 Å². The summed E-state index contributed by atoms with van der Waals surface area (Å²) in [5, 5.41) is 18.4. The van der Waals surface area contributed by atoms with E-state index in [1.807, 2.05) is 158 Å². The lowest BCUT2D eigenvalue weighted by Gasteiger charge is -2.45. The highest BCUT2D eigenvalue weighted by atomic mass is 32.2. The molecule has 0 unspecified atom stereocenters. The minimum atomic E-state index is -1.38. The van der Waals surface area contributed by atoms with E-state index in [9.17, 15) is 43.2 Å². The van der Waals surface area contributed by atoms with Crippen molar-refractivity contribution < 1.29 is 62.0 Å². The highest BCUT2D eigenvalue weighted by Gasteiger charge is 2.46. The first kappa shape index (κ1) is 83.9. The molecule has 0 bridgehead atoms. The number of carbonyl (C=O) groups is 8. The molecule has 7 heterocycles. The van der Waals surface area contributed by atoms with Gasteiger partial charge in [0.25, 0.3) is 17.4 Å². The number of nitrogens with zero attached hydrogens (tertiary/aromatic N) is 7. The molecule has 3 aromatic heterocycles. The second-order valence-electron chi connectivity index (χ2n) is 30.1. The number of rotatable bonds is 36. The molecule has 5 aliphatic rings. The minimum absolute atomic E-state index is 0.00825. The maximum atomic E-state index is 14.0. The zero-order chi connectivity index (χ0) is 82.8. The molecule has 1 aliphatic carbocycles. The van der Waals surface area contributed by atoms with Crippen molar-refractivity contribution in [2.24, 2.45) is 7.05 Å². The molecule has 618 valence electrons. The SMILES string of the molecule is COc1ccc(C#CCNC2(C)CCN(C3CCN(c4nc([C@@](COCNC(=O)CNC(=O)[C@H](Cc5ccccc5)NC(=O)CNC(=O)CCOCCOCCN5C(=O)C(Sc6ccccc6)=C(Sc6ccccc6)C5=O)(OC5CC5)c5ccccc5)c5cc(-c6cn(C)c(=O)c7[nH]ccc67)ccc5n4)CC3)CC2)cc1N1CCC(=O)NC1=O. The molecule has 30 heteroatoms. The van der Waals surface area contributed by atoms with Gasteiger partial charge in [0, 0.05) is 115 Å². The van der Waals surface area contributed by atoms with Crippen molar-refractivity contribution in [2.75, 3.05) is 116 Å². The number of hydrogen-bond donors (Lipinski definition) is 7. The van der Waals surface area contributed by atoms with Gasteiger partial charge in [-0.25, -0.2) is 14.8 Å². The molecule has 28 nitrogen and oxygen atoms in total. The van der Waals surface area contributed by atoms with Gasteiger partial charge in [-0.05, 0) is 123 Å². The van der Waals surface area contributed by atoms with Crippen molar-refractivity contribution in [3.63, 3.8) is 0 Å². The van der Waals surface area contributed by atoms with Gasteiger partial charge in [-0.15, -0.1) is 0 Å². The third kappa shape index (κ3) is 21.1. The van der Waals surface area contributed by atoms with Crippen molar-refractivity contribution in [3.05, 3.63) is 219 Å². The Labute approximate surface area is 697 Å². The lowest BCUT2D eigenvalue weighted by atomic mass is 9.87.